The van der Waals surface area contributed by atoms with Crippen LogP contribution in [0.3, 0.4) is 0 Å². The molecule has 16 heavy (non-hydrogen) atoms. The second kappa shape index (κ2) is 5.13. The lowest BCUT2D eigenvalue weighted by molar-refractivity contribution is 0.507. The highest BCUT2D eigenvalue weighted by Gasteiger charge is 2.24. The summed E-state index contributed by atoms with van der Waals surface area (Å²) in [5, 5.41) is 12.4. The Morgan fingerprint density at radius 2 is 2.50 bits per heavy atom. The van der Waals surface area contributed by atoms with Gasteiger partial charge in [0.1, 0.15) is 5.82 Å². The number of nitrogens with zero attached hydrogens (tertiary/aromatic N) is 3. The number of rotatable bonds is 6. The van der Waals surface area contributed by atoms with Crippen molar-refractivity contribution in [1.29, 1.82) is 5.26 Å². The summed E-state index contributed by atoms with van der Waals surface area (Å²) in [4.78, 5) is 4.27. The third kappa shape index (κ3) is 2.83. The Morgan fingerprint density at radius 3 is 3.12 bits per heavy atom. The zero-order valence-corrected chi connectivity index (χ0v) is 9.69. The van der Waals surface area contributed by atoms with Gasteiger partial charge in [-0.3, -0.25) is 5.32 Å². The predicted molar refractivity (Wildman–Crippen MR) is 61.8 cm³/mol. The third-order valence-electron chi connectivity index (χ3n) is 2.95. The summed E-state index contributed by atoms with van der Waals surface area (Å²) in [5.74, 6) is 1.10. The number of imidazole rings is 1. The summed E-state index contributed by atoms with van der Waals surface area (Å²) >= 11 is 0. The Balaban J connectivity index is 1.82. The molecule has 4 heteroatoms. The van der Waals surface area contributed by atoms with Crippen LogP contribution < -0.4 is 5.32 Å². The SMILES string of the molecule is CCc1nccn1CCC(C#N)NC1CC1. The molecule has 1 aliphatic carbocycles. The van der Waals surface area contributed by atoms with Crippen molar-refractivity contribution in [2.75, 3.05) is 0 Å². The highest BCUT2D eigenvalue weighted by molar-refractivity contribution is 4.97. The molecule has 0 saturated heterocycles. The van der Waals surface area contributed by atoms with Gasteiger partial charge in [0, 0.05) is 31.4 Å². The Labute approximate surface area is 96.3 Å². The zero-order chi connectivity index (χ0) is 11.4. The Hall–Kier alpha value is -1.34. The average Bonchev–Trinajstić information content (AvgIpc) is 3.00. The van der Waals surface area contributed by atoms with Crippen molar-refractivity contribution < 1.29 is 0 Å². The van der Waals surface area contributed by atoms with Crippen LogP contribution in [0.15, 0.2) is 12.4 Å². The summed E-state index contributed by atoms with van der Waals surface area (Å²) in [7, 11) is 0. The van der Waals surface area contributed by atoms with Crippen LogP contribution in [0.5, 0.6) is 0 Å². The minimum atomic E-state index is -0.0143. The summed E-state index contributed by atoms with van der Waals surface area (Å²) < 4.78 is 2.14. The van der Waals surface area contributed by atoms with E-state index in [0.29, 0.717) is 6.04 Å². The van der Waals surface area contributed by atoms with E-state index in [-0.39, 0.29) is 6.04 Å². The van der Waals surface area contributed by atoms with Gasteiger partial charge in [-0.25, -0.2) is 4.98 Å². The maximum Gasteiger partial charge on any atom is 0.108 e. The van der Waals surface area contributed by atoms with E-state index in [0.717, 1.165) is 25.2 Å². The molecule has 1 aliphatic rings. The second-order valence-electron chi connectivity index (χ2n) is 4.30. The standard InChI is InChI=1S/C12H18N4/c1-2-12-14-6-8-16(12)7-5-11(9-13)15-10-3-4-10/h6,8,10-11,15H,2-5,7H2,1H3. The van der Waals surface area contributed by atoms with Crippen molar-refractivity contribution >= 4 is 0 Å². The van der Waals surface area contributed by atoms with E-state index in [9.17, 15) is 0 Å². The molecule has 0 aromatic carbocycles. The van der Waals surface area contributed by atoms with Crippen molar-refractivity contribution in [3.05, 3.63) is 18.2 Å². The highest BCUT2D eigenvalue weighted by atomic mass is 15.1. The fraction of sp³-hybridized carbons (Fsp3) is 0.667. The topological polar surface area (TPSA) is 53.6 Å². The monoisotopic (exact) mass is 218 g/mol. The van der Waals surface area contributed by atoms with Crippen LogP contribution in [0.25, 0.3) is 0 Å². The molecule has 0 amide bonds. The van der Waals surface area contributed by atoms with Crippen LogP contribution in [-0.2, 0) is 13.0 Å². The molecule has 2 rings (SSSR count). The van der Waals surface area contributed by atoms with Crippen LogP contribution >= 0.6 is 0 Å². The van der Waals surface area contributed by atoms with Crippen LogP contribution in [0.4, 0.5) is 0 Å². The van der Waals surface area contributed by atoms with Crippen LogP contribution in [0, 0.1) is 11.3 Å². The van der Waals surface area contributed by atoms with Gasteiger partial charge in [0.05, 0.1) is 12.1 Å². The molecule has 1 aromatic heterocycles. The Kier molecular flexibility index (Phi) is 3.58. The molecule has 4 nitrogen and oxygen atoms in total. The van der Waals surface area contributed by atoms with E-state index >= 15 is 0 Å². The molecule has 1 saturated carbocycles. The maximum atomic E-state index is 9.02. The van der Waals surface area contributed by atoms with Crippen LogP contribution in [-0.4, -0.2) is 21.6 Å². The fourth-order valence-electron chi connectivity index (χ4n) is 1.85. The first-order valence-corrected chi connectivity index (χ1v) is 5.99. The molecule has 0 spiro atoms. The summed E-state index contributed by atoms with van der Waals surface area (Å²) in [6, 6.07) is 2.91. The first-order chi connectivity index (χ1) is 7.83. The third-order valence-corrected chi connectivity index (χ3v) is 2.95. The molecule has 86 valence electrons. The molecule has 1 atom stereocenters. The lowest BCUT2D eigenvalue weighted by Crippen LogP contribution is -2.30. The molecule has 1 heterocycles. The minimum Gasteiger partial charge on any atom is -0.335 e. The minimum absolute atomic E-state index is 0.0143. The largest absolute Gasteiger partial charge is 0.335 e. The number of nitrogens with one attached hydrogen (secondary N) is 1. The van der Waals surface area contributed by atoms with E-state index < -0.39 is 0 Å². The van der Waals surface area contributed by atoms with Gasteiger partial charge < -0.3 is 4.57 Å². The number of aryl methyl sites for hydroxylation is 2. The quantitative estimate of drug-likeness (QED) is 0.787. The summed E-state index contributed by atoms with van der Waals surface area (Å²) in [6.07, 6.45) is 8.07. The van der Waals surface area contributed by atoms with E-state index in [1.165, 1.54) is 12.8 Å². The molecular weight excluding hydrogens is 200 g/mol. The lowest BCUT2D eigenvalue weighted by atomic mass is 10.2. The van der Waals surface area contributed by atoms with Gasteiger partial charge in [-0.1, -0.05) is 6.92 Å². The molecule has 1 fully saturated rings. The molecule has 0 bridgehead atoms. The van der Waals surface area contributed by atoms with E-state index in [2.05, 4.69) is 27.9 Å². The predicted octanol–water partition coefficient (Wildman–Crippen LogP) is 1.48. The van der Waals surface area contributed by atoms with Crippen molar-refractivity contribution in [3.8, 4) is 6.07 Å². The first-order valence-electron chi connectivity index (χ1n) is 5.99. The number of aromatic nitrogens is 2. The van der Waals surface area contributed by atoms with E-state index in [1.807, 2.05) is 12.4 Å². The molecule has 1 unspecified atom stereocenters. The maximum absolute atomic E-state index is 9.02. The normalized spacial score (nSPS) is 17.0. The van der Waals surface area contributed by atoms with Crippen molar-refractivity contribution in [2.45, 2.75) is 51.2 Å². The van der Waals surface area contributed by atoms with Gasteiger partial charge >= 0.3 is 0 Å². The van der Waals surface area contributed by atoms with Crippen molar-refractivity contribution in [3.63, 3.8) is 0 Å². The van der Waals surface area contributed by atoms with Gasteiger partial charge in [-0.05, 0) is 19.3 Å². The first kappa shape index (κ1) is 11.2. The van der Waals surface area contributed by atoms with Gasteiger partial charge in [0.2, 0.25) is 0 Å². The number of hydrogen-bond donors (Lipinski definition) is 1. The number of hydrogen-bond acceptors (Lipinski definition) is 3. The zero-order valence-electron chi connectivity index (χ0n) is 9.69. The Morgan fingerprint density at radius 1 is 1.69 bits per heavy atom. The lowest BCUT2D eigenvalue weighted by Gasteiger charge is -2.12. The van der Waals surface area contributed by atoms with Gasteiger partial charge in [-0.15, -0.1) is 0 Å². The molecule has 1 aromatic rings. The Bertz CT molecular complexity index is 373. The number of nitriles is 1. The molecule has 0 radical (unpaired) electrons. The average molecular weight is 218 g/mol. The van der Waals surface area contributed by atoms with Crippen molar-refractivity contribution in [1.82, 2.24) is 14.9 Å². The van der Waals surface area contributed by atoms with Crippen molar-refractivity contribution in [2.24, 2.45) is 0 Å². The molecule has 1 N–H and O–H groups in total. The van der Waals surface area contributed by atoms with Gasteiger partial charge in [0.15, 0.2) is 0 Å². The fourth-order valence-corrected chi connectivity index (χ4v) is 1.85. The van der Waals surface area contributed by atoms with Gasteiger partial charge in [0.25, 0.3) is 0 Å². The molecule has 0 aliphatic heterocycles. The van der Waals surface area contributed by atoms with Gasteiger partial charge in [-0.2, -0.15) is 5.26 Å². The second-order valence-corrected chi connectivity index (χ2v) is 4.30. The van der Waals surface area contributed by atoms with E-state index in [4.69, 9.17) is 5.26 Å². The smallest absolute Gasteiger partial charge is 0.108 e. The highest BCUT2D eigenvalue weighted by Crippen LogP contribution is 2.20. The van der Waals surface area contributed by atoms with E-state index in [1.54, 1.807) is 0 Å². The molecular formula is C12H18N4. The van der Waals surface area contributed by atoms with Crippen LogP contribution in [0.2, 0.25) is 0 Å². The summed E-state index contributed by atoms with van der Waals surface area (Å²) in [6.45, 7) is 2.98. The van der Waals surface area contributed by atoms with Crippen LogP contribution in [0.1, 0.15) is 32.0 Å². The summed E-state index contributed by atoms with van der Waals surface area (Å²) in [5.41, 5.74) is 0.